The lowest BCUT2D eigenvalue weighted by atomic mass is 9.85. The first-order chi connectivity index (χ1) is 14.1. The average Bonchev–Trinajstić information content (AvgIpc) is 2.76. The van der Waals surface area contributed by atoms with Gasteiger partial charge in [0.05, 0.1) is 7.11 Å². The van der Waals surface area contributed by atoms with Crippen LogP contribution in [-0.4, -0.2) is 25.7 Å². The van der Waals surface area contributed by atoms with Gasteiger partial charge in [-0.1, -0.05) is 65.2 Å². The fourth-order valence-corrected chi connectivity index (χ4v) is 4.68. The van der Waals surface area contributed by atoms with Crippen LogP contribution in [0.4, 0.5) is 5.69 Å². The summed E-state index contributed by atoms with van der Waals surface area (Å²) in [6.07, 6.45) is 18.0. The van der Waals surface area contributed by atoms with Gasteiger partial charge in [0.25, 0.3) is 0 Å². The van der Waals surface area contributed by atoms with Crippen LogP contribution in [0, 0.1) is 0 Å². The molecule has 0 fully saturated rings. The van der Waals surface area contributed by atoms with Crippen LogP contribution in [-0.2, 0) is 6.42 Å². The summed E-state index contributed by atoms with van der Waals surface area (Å²) in [6, 6.07) is 6.58. The second-order valence-corrected chi connectivity index (χ2v) is 9.13. The minimum absolute atomic E-state index is 0.102. The lowest BCUT2D eigenvalue weighted by Crippen LogP contribution is -2.38. The van der Waals surface area contributed by atoms with E-state index in [1.165, 1.54) is 108 Å². The first-order valence-corrected chi connectivity index (χ1v) is 12.3. The number of aryl methyl sites for hydroxylation is 1. The molecule has 0 amide bonds. The van der Waals surface area contributed by atoms with E-state index in [-0.39, 0.29) is 5.54 Å². The molecule has 29 heavy (non-hydrogen) atoms. The molecule has 1 heterocycles. The highest BCUT2D eigenvalue weighted by molar-refractivity contribution is 5.58. The van der Waals surface area contributed by atoms with Crippen LogP contribution < -0.4 is 15.4 Å². The van der Waals surface area contributed by atoms with Crippen molar-refractivity contribution in [3.8, 4) is 5.75 Å². The van der Waals surface area contributed by atoms with E-state index in [4.69, 9.17) is 10.5 Å². The molecular formula is C26H46N2O. The van der Waals surface area contributed by atoms with Crippen LogP contribution in [0.2, 0.25) is 0 Å². The van der Waals surface area contributed by atoms with Crippen molar-refractivity contribution in [3.05, 3.63) is 23.8 Å². The van der Waals surface area contributed by atoms with Gasteiger partial charge in [-0.25, -0.2) is 0 Å². The first kappa shape index (κ1) is 24.1. The van der Waals surface area contributed by atoms with Crippen molar-refractivity contribution in [1.29, 1.82) is 0 Å². The topological polar surface area (TPSA) is 38.5 Å². The molecule has 0 saturated carbocycles. The van der Waals surface area contributed by atoms with Gasteiger partial charge in [0, 0.05) is 24.3 Å². The summed E-state index contributed by atoms with van der Waals surface area (Å²) in [5.74, 6) is 0.988. The highest BCUT2D eigenvalue weighted by Gasteiger charge is 2.21. The number of unbranched alkanes of at least 4 members (excludes halogenated alkanes) is 7. The van der Waals surface area contributed by atoms with Crippen LogP contribution in [0.5, 0.6) is 5.75 Å². The molecular weight excluding hydrogens is 356 g/mol. The molecule has 1 aromatic rings. The fourth-order valence-electron chi connectivity index (χ4n) is 4.68. The second-order valence-electron chi connectivity index (χ2n) is 9.13. The summed E-state index contributed by atoms with van der Waals surface area (Å²) in [6.45, 7) is 6.92. The highest BCUT2D eigenvalue weighted by atomic mass is 16.5. The molecule has 1 aliphatic rings. The van der Waals surface area contributed by atoms with Crippen LogP contribution in [0.1, 0.15) is 103 Å². The maximum absolute atomic E-state index is 6.57. The summed E-state index contributed by atoms with van der Waals surface area (Å²) in [5.41, 5.74) is 9.56. The SMILES string of the molecule is CCCCC(N)(CC)CCCCCCCCCN1CCCc2cc(OC)ccc21. The minimum Gasteiger partial charge on any atom is -0.497 e. The second kappa shape index (κ2) is 13.2. The normalized spacial score (nSPS) is 15.8. The Labute approximate surface area is 180 Å². The van der Waals surface area contributed by atoms with Gasteiger partial charge in [0.15, 0.2) is 0 Å². The maximum atomic E-state index is 6.57. The zero-order chi connectivity index (χ0) is 21.0. The van der Waals surface area contributed by atoms with Gasteiger partial charge in [0.2, 0.25) is 0 Å². The molecule has 0 aromatic heterocycles. The number of rotatable bonds is 15. The van der Waals surface area contributed by atoms with Crippen molar-refractivity contribution in [1.82, 2.24) is 0 Å². The molecule has 1 unspecified atom stereocenters. The molecule has 0 saturated heterocycles. The predicted molar refractivity (Wildman–Crippen MR) is 127 cm³/mol. The minimum atomic E-state index is 0.102. The van der Waals surface area contributed by atoms with Gasteiger partial charge in [0.1, 0.15) is 5.75 Å². The predicted octanol–water partition coefficient (Wildman–Crippen LogP) is 6.87. The van der Waals surface area contributed by atoms with E-state index in [1.807, 2.05) is 0 Å². The van der Waals surface area contributed by atoms with E-state index in [9.17, 15) is 0 Å². The monoisotopic (exact) mass is 402 g/mol. The lowest BCUT2D eigenvalue weighted by Gasteiger charge is -2.31. The van der Waals surface area contributed by atoms with Crippen molar-refractivity contribution < 1.29 is 4.74 Å². The molecule has 3 nitrogen and oxygen atoms in total. The quantitative estimate of drug-likeness (QED) is 0.325. The maximum Gasteiger partial charge on any atom is 0.119 e. The van der Waals surface area contributed by atoms with Crippen LogP contribution >= 0.6 is 0 Å². The standard InChI is InChI=1S/C26H46N2O/c1-4-6-18-26(27,5-2)19-12-10-8-7-9-11-13-20-28-21-14-15-23-22-24(29-3)16-17-25(23)28/h16-17,22H,4-15,18-21,27H2,1-3H3. The first-order valence-electron chi connectivity index (χ1n) is 12.3. The van der Waals surface area contributed by atoms with E-state index in [0.717, 1.165) is 12.2 Å². The number of anilines is 1. The summed E-state index contributed by atoms with van der Waals surface area (Å²) < 4.78 is 5.39. The Bertz CT molecular complexity index is 574. The molecule has 166 valence electrons. The van der Waals surface area contributed by atoms with Gasteiger partial charge in [-0.15, -0.1) is 0 Å². The molecule has 1 aromatic carbocycles. The van der Waals surface area contributed by atoms with Crippen molar-refractivity contribution in [3.63, 3.8) is 0 Å². The van der Waals surface area contributed by atoms with E-state index in [1.54, 1.807) is 7.11 Å². The molecule has 3 heteroatoms. The third-order valence-electron chi connectivity index (χ3n) is 6.84. The van der Waals surface area contributed by atoms with Crippen molar-refractivity contribution >= 4 is 5.69 Å². The average molecular weight is 403 g/mol. The third kappa shape index (κ3) is 8.20. The van der Waals surface area contributed by atoms with Crippen LogP contribution in [0.25, 0.3) is 0 Å². The summed E-state index contributed by atoms with van der Waals surface area (Å²) in [5, 5.41) is 0. The summed E-state index contributed by atoms with van der Waals surface area (Å²) in [7, 11) is 1.75. The molecule has 0 radical (unpaired) electrons. The zero-order valence-electron chi connectivity index (χ0n) is 19.5. The van der Waals surface area contributed by atoms with Crippen molar-refractivity contribution in [2.24, 2.45) is 5.73 Å². The molecule has 0 bridgehead atoms. The number of benzene rings is 1. The van der Waals surface area contributed by atoms with E-state index < -0.39 is 0 Å². The van der Waals surface area contributed by atoms with Crippen LogP contribution in [0.3, 0.4) is 0 Å². The summed E-state index contributed by atoms with van der Waals surface area (Å²) in [4.78, 5) is 2.58. The zero-order valence-corrected chi connectivity index (χ0v) is 19.5. The fraction of sp³-hybridized carbons (Fsp3) is 0.769. The van der Waals surface area contributed by atoms with Crippen molar-refractivity contribution in [2.45, 2.75) is 109 Å². The van der Waals surface area contributed by atoms with E-state index in [2.05, 4.69) is 36.9 Å². The molecule has 2 rings (SSSR count). The number of nitrogens with zero attached hydrogens (tertiary/aromatic N) is 1. The molecule has 1 aliphatic heterocycles. The van der Waals surface area contributed by atoms with Crippen LogP contribution in [0.15, 0.2) is 18.2 Å². The Morgan fingerprint density at radius 1 is 0.966 bits per heavy atom. The molecule has 0 aliphatic carbocycles. The number of methoxy groups -OCH3 is 1. The third-order valence-corrected chi connectivity index (χ3v) is 6.84. The smallest absolute Gasteiger partial charge is 0.119 e. The summed E-state index contributed by atoms with van der Waals surface area (Å²) >= 11 is 0. The number of fused-ring (bicyclic) bond motifs is 1. The Morgan fingerprint density at radius 3 is 2.34 bits per heavy atom. The van der Waals surface area contributed by atoms with Gasteiger partial charge in [-0.2, -0.15) is 0 Å². The highest BCUT2D eigenvalue weighted by Crippen LogP contribution is 2.30. The Hall–Kier alpha value is -1.22. The number of nitrogens with two attached hydrogens (primary N) is 1. The Morgan fingerprint density at radius 2 is 1.66 bits per heavy atom. The number of hydrogen-bond donors (Lipinski definition) is 1. The van der Waals surface area contributed by atoms with Gasteiger partial charge < -0.3 is 15.4 Å². The largest absolute Gasteiger partial charge is 0.497 e. The number of hydrogen-bond acceptors (Lipinski definition) is 3. The Kier molecular flexibility index (Phi) is 10.9. The molecule has 1 atom stereocenters. The Balaban J connectivity index is 1.55. The van der Waals surface area contributed by atoms with E-state index >= 15 is 0 Å². The van der Waals surface area contributed by atoms with Gasteiger partial charge >= 0.3 is 0 Å². The number of ether oxygens (including phenoxy) is 1. The van der Waals surface area contributed by atoms with Crippen molar-refractivity contribution in [2.75, 3.05) is 25.1 Å². The van der Waals surface area contributed by atoms with Gasteiger partial charge in [-0.05, 0) is 62.3 Å². The van der Waals surface area contributed by atoms with E-state index in [0.29, 0.717) is 0 Å². The molecule has 0 spiro atoms. The lowest BCUT2D eigenvalue weighted by molar-refractivity contribution is 0.328. The van der Waals surface area contributed by atoms with Gasteiger partial charge in [-0.3, -0.25) is 0 Å². The molecule has 2 N–H and O–H groups in total.